The third-order valence-electron chi connectivity index (χ3n) is 1.55. The van der Waals surface area contributed by atoms with Crippen molar-refractivity contribution in [2.75, 3.05) is 0 Å². The van der Waals surface area contributed by atoms with Crippen LogP contribution in [0.25, 0.3) is 0 Å². The van der Waals surface area contributed by atoms with Crippen LogP contribution >= 0.6 is 38.5 Å². The molecule has 0 aliphatic carbocycles. The molecule has 0 amide bonds. The van der Waals surface area contributed by atoms with E-state index in [0.29, 0.717) is 3.57 Å². The molecule has 0 aliphatic rings. The highest BCUT2D eigenvalue weighted by Crippen LogP contribution is 2.28. The zero-order valence-electron chi connectivity index (χ0n) is 6.71. The monoisotopic (exact) mass is 375 g/mol. The molecule has 0 aromatic heterocycles. The zero-order valence-corrected chi connectivity index (χ0v) is 11.3. The Balaban J connectivity index is 3.53. The van der Waals surface area contributed by atoms with E-state index in [-0.39, 0.29) is 4.90 Å². The van der Waals surface area contributed by atoms with Gasteiger partial charge in [0.25, 0.3) is 0 Å². The predicted octanol–water partition coefficient (Wildman–Crippen LogP) is 2.01. The molecule has 0 saturated carbocycles. The summed E-state index contributed by atoms with van der Waals surface area (Å²) in [6.07, 6.45) is 0. The Labute approximate surface area is 99.0 Å². The SMILES string of the molecule is Cc1ccc(S(N)(=O)=O)c(I)c1Br. The molecule has 0 spiro atoms. The molecule has 0 aliphatic heterocycles. The molecule has 0 atom stereocenters. The maximum absolute atomic E-state index is 11.1. The first-order valence-corrected chi connectivity index (χ1v) is 6.73. The van der Waals surface area contributed by atoms with Crippen molar-refractivity contribution in [1.82, 2.24) is 0 Å². The lowest BCUT2D eigenvalue weighted by Gasteiger charge is -2.05. The predicted molar refractivity (Wildman–Crippen MR) is 63.0 cm³/mol. The average molecular weight is 376 g/mol. The first-order chi connectivity index (χ1) is 5.84. The maximum Gasteiger partial charge on any atom is 0.239 e. The molecule has 0 unspecified atom stereocenters. The lowest BCUT2D eigenvalue weighted by Crippen LogP contribution is -2.14. The molecule has 0 heterocycles. The molecule has 0 bridgehead atoms. The first kappa shape index (κ1) is 11.4. The van der Waals surface area contributed by atoms with Gasteiger partial charge in [0.2, 0.25) is 10.0 Å². The lowest BCUT2D eigenvalue weighted by atomic mass is 10.2. The van der Waals surface area contributed by atoms with E-state index in [4.69, 9.17) is 5.14 Å². The van der Waals surface area contributed by atoms with Crippen LogP contribution in [0, 0.1) is 10.5 Å². The van der Waals surface area contributed by atoms with Crippen LogP contribution in [-0.4, -0.2) is 8.42 Å². The summed E-state index contributed by atoms with van der Waals surface area (Å²) in [6, 6.07) is 3.23. The van der Waals surface area contributed by atoms with E-state index in [0.717, 1.165) is 10.0 Å². The van der Waals surface area contributed by atoms with Crippen molar-refractivity contribution in [3.63, 3.8) is 0 Å². The standard InChI is InChI=1S/C7H7BrINO2S/c1-4-2-3-5(13(10,11)12)7(9)6(4)8/h2-3H,1H3,(H2,10,11,12). The van der Waals surface area contributed by atoms with Gasteiger partial charge in [0, 0.05) is 8.04 Å². The summed E-state index contributed by atoms with van der Waals surface area (Å²) >= 11 is 5.24. The summed E-state index contributed by atoms with van der Waals surface area (Å²) in [6.45, 7) is 1.89. The van der Waals surface area contributed by atoms with Crippen molar-refractivity contribution in [1.29, 1.82) is 0 Å². The Morgan fingerprint density at radius 1 is 1.46 bits per heavy atom. The summed E-state index contributed by atoms with van der Waals surface area (Å²) in [5, 5.41) is 5.02. The summed E-state index contributed by atoms with van der Waals surface area (Å²) in [4.78, 5) is 0.158. The Morgan fingerprint density at radius 2 is 2.00 bits per heavy atom. The third kappa shape index (κ3) is 2.42. The molecule has 13 heavy (non-hydrogen) atoms. The Kier molecular flexibility index (Phi) is 3.37. The van der Waals surface area contributed by atoms with Gasteiger partial charge < -0.3 is 0 Å². The van der Waals surface area contributed by atoms with Crippen molar-refractivity contribution in [3.8, 4) is 0 Å². The van der Waals surface area contributed by atoms with Crippen LogP contribution in [0.5, 0.6) is 0 Å². The van der Waals surface area contributed by atoms with E-state index in [9.17, 15) is 8.42 Å². The van der Waals surface area contributed by atoms with Crippen LogP contribution in [0.1, 0.15) is 5.56 Å². The average Bonchev–Trinajstić information content (AvgIpc) is 1.98. The van der Waals surface area contributed by atoms with Crippen LogP contribution in [0.4, 0.5) is 0 Å². The molecule has 0 radical (unpaired) electrons. The number of sulfonamides is 1. The van der Waals surface area contributed by atoms with Gasteiger partial charge >= 0.3 is 0 Å². The van der Waals surface area contributed by atoms with Gasteiger partial charge in [0.15, 0.2) is 0 Å². The van der Waals surface area contributed by atoms with Crippen LogP contribution in [-0.2, 0) is 10.0 Å². The van der Waals surface area contributed by atoms with E-state index >= 15 is 0 Å². The molecule has 72 valence electrons. The molecule has 3 nitrogen and oxygen atoms in total. The molecule has 1 rings (SSSR count). The Bertz CT molecular complexity index is 444. The van der Waals surface area contributed by atoms with Crippen LogP contribution < -0.4 is 5.14 Å². The van der Waals surface area contributed by atoms with E-state index in [1.54, 1.807) is 6.07 Å². The zero-order chi connectivity index (χ0) is 10.2. The molecule has 2 N–H and O–H groups in total. The minimum absolute atomic E-state index is 0.158. The normalized spacial score (nSPS) is 11.7. The minimum atomic E-state index is -3.61. The van der Waals surface area contributed by atoms with Crippen molar-refractivity contribution >= 4 is 48.5 Å². The molecule has 1 aromatic rings. The topological polar surface area (TPSA) is 60.2 Å². The third-order valence-corrected chi connectivity index (χ3v) is 5.75. The Hall–Kier alpha value is 0.340. The minimum Gasteiger partial charge on any atom is -0.225 e. The number of nitrogens with two attached hydrogens (primary N) is 1. The highest BCUT2D eigenvalue weighted by molar-refractivity contribution is 14.1. The molecule has 6 heteroatoms. The van der Waals surface area contributed by atoms with E-state index in [2.05, 4.69) is 15.9 Å². The second-order valence-electron chi connectivity index (χ2n) is 2.55. The number of halogens is 2. The molecule has 0 fully saturated rings. The number of hydrogen-bond donors (Lipinski definition) is 1. The fraction of sp³-hybridized carbons (Fsp3) is 0.143. The van der Waals surface area contributed by atoms with Gasteiger partial charge in [-0.15, -0.1) is 0 Å². The van der Waals surface area contributed by atoms with Gasteiger partial charge in [0.05, 0.1) is 4.90 Å². The molecule has 1 aromatic carbocycles. The van der Waals surface area contributed by atoms with Gasteiger partial charge in [0.1, 0.15) is 0 Å². The maximum atomic E-state index is 11.1. The van der Waals surface area contributed by atoms with Crippen LogP contribution in [0.2, 0.25) is 0 Å². The molecule has 0 saturated heterocycles. The van der Waals surface area contributed by atoms with Gasteiger partial charge in [-0.05, 0) is 57.1 Å². The molecular formula is C7H7BrINO2S. The number of primary sulfonamides is 1. The number of hydrogen-bond acceptors (Lipinski definition) is 2. The lowest BCUT2D eigenvalue weighted by molar-refractivity contribution is 0.597. The van der Waals surface area contributed by atoms with Crippen molar-refractivity contribution in [3.05, 3.63) is 25.7 Å². The quantitative estimate of drug-likeness (QED) is 0.763. The second-order valence-corrected chi connectivity index (χ2v) is 5.96. The number of aryl methyl sites for hydroxylation is 1. The van der Waals surface area contributed by atoms with Crippen molar-refractivity contribution in [2.45, 2.75) is 11.8 Å². The number of benzene rings is 1. The highest BCUT2D eigenvalue weighted by atomic mass is 127. The van der Waals surface area contributed by atoms with E-state index in [1.807, 2.05) is 29.5 Å². The molecular weight excluding hydrogens is 369 g/mol. The van der Waals surface area contributed by atoms with Gasteiger partial charge in [-0.25, -0.2) is 13.6 Å². The largest absolute Gasteiger partial charge is 0.239 e. The van der Waals surface area contributed by atoms with Crippen LogP contribution in [0.3, 0.4) is 0 Å². The first-order valence-electron chi connectivity index (χ1n) is 3.31. The smallest absolute Gasteiger partial charge is 0.225 e. The summed E-state index contributed by atoms with van der Waals surface area (Å²) in [5.74, 6) is 0. The number of rotatable bonds is 1. The van der Waals surface area contributed by atoms with E-state index in [1.165, 1.54) is 6.07 Å². The fourth-order valence-corrected chi connectivity index (χ4v) is 3.46. The summed E-state index contributed by atoms with van der Waals surface area (Å²) in [7, 11) is -3.61. The van der Waals surface area contributed by atoms with Crippen LogP contribution in [0.15, 0.2) is 21.5 Å². The summed E-state index contributed by atoms with van der Waals surface area (Å²) < 4.78 is 23.5. The van der Waals surface area contributed by atoms with E-state index < -0.39 is 10.0 Å². The van der Waals surface area contributed by atoms with Crippen molar-refractivity contribution in [2.24, 2.45) is 5.14 Å². The van der Waals surface area contributed by atoms with Gasteiger partial charge in [-0.2, -0.15) is 0 Å². The van der Waals surface area contributed by atoms with Gasteiger partial charge in [-0.1, -0.05) is 6.07 Å². The Morgan fingerprint density at radius 3 is 2.46 bits per heavy atom. The highest BCUT2D eigenvalue weighted by Gasteiger charge is 2.15. The fourth-order valence-electron chi connectivity index (χ4n) is 0.848. The summed E-state index contributed by atoms with van der Waals surface area (Å²) in [5.41, 5.74) is 0.983. The second kappa shape index (κ2) is 3.84. The van der Waals surface area contributed by atoms with Crippen molar-refractivity contribution < 1.29 is 8.42 Å². The van der Waals surface area contributed by atoms with Gasteiger partial charge in [-0.3, -0.25) is 0 Å².